The van der Waals surface area contributed by atoms with E-state index in [0.717, 1.165) is 62.4 Å². The van der Waals surface area contributed by atoms with Gasteiger partial charge in [-0.15, -0.1) is 0 Å². The molecule has 3 fully saturated rings. The topological polar surface area (TPSA) is 138 Å². The van der Waals surface area contributed by atoms with Gasteiger partial charge in [0, 0.05) is 63.5 Å². The molecule has 4 amide bonds. The van der Waals surface area contributed by atoms with Gasteiger partial charge in [-0.2, -0.15) is 13.2 Å². The number of ether oxygens (including phenoxy) is 2. The molecule has 0 saturated carbocycles. The second-order valence-electron chi connectivity index (χ2n) is 16.0. The number of nitrogen functional groups attached to an aromatic ring is 1. The molecule has 58 heavy (non-hydrogen) atoms. The van der Waals surface area contributed by atoms with Crippen LogP contribution in [-0.2, 0) is 38.1 Å². The Balaban J connectivity index is 1.08. The van der Waals surface area contributed by atoms with Crippen LogP contribution in [0.25, 0.3) is 0 Å². The summed E-state index contributed by atoms with van der Waals surface area (Å²) >= 11 is 6.15. The summed E-state index contributed by atoms with van der Waals surface area (Å²) in [6.45, 7) is 5.77. The molecule has 3 N–H and O–H groups in total. The number of rotatable bonds is 12. The van der Waals surface area contributed by atoms with Gasteiger partial charge in [0.25, 0.3) is 5.91 Å². The summed E-state index contributed by atoms with van der Waals surface area (Å²) in [7, 11) is 0. The van der Waals surface area contributed by atoms with Crippen molar-refractivity contribution in [3.8, 4) is 0 Å². The number of fused-ring (bicyclic) bond motifs is 1. The molecule has 2 atom stereocenters. The number of nitrogens with two attached hydrogens (primary N) is 1. The number of para-hydroxylation sites is 1. The molecule has 3 saturated heterocycles. The first-order valence-electron chi connectivity index (χ1n) is 20.8. The monoisotopic (exact) mass is 832 g/mol. The number of amides is 4. The summed E-state index contributed by atoms with van der Waals surface area (Å²) in [6.07, 6.45) is 1.37. The number of hydrogen-bond donors (Lipinski definition) is 2. The fourth-order valence-corrected chi connectivity index (χ4v) is 8.96. The van der Waals surface area contributed by atoms with E-state index in [1.807, 2.05) is 24.3 Å². The molecule has 0 aliphatic carbocycles. The molecule has 2 aromatic carbocycles. The van der Waals surface area contributed by atoms with E-state index in [1.54, 1.807) is 9.80 Å². The molecule has 6 rings (SSSR count). The Morgan fingerprint density at radius 2 is 1.64 bits per heavy atom. The third-order valence-electron chi connectivity index (χ3n) is 12.1. The molecule has 4 heterocycles. The lowest BCUT2D eigenvalue weighted by Gasteiger charge is -2.42. The number of hydrogen-bond acceptors (Lipinski definition) is 8. The van der Waals surface area contributed by atoms with E-state index in [2.05, 4.69) is 17.1 Å². The van der Waals surface area contributed by atoms with Crippen LogP contribution in [0.15, 0.2) is 36.4 Å². The lowest BCUT2D eigenvalue weighted by Crippen LogP contribution is -2.53. The van der Waals surface area contributed by atoms with Crippen LogP contribution < -0.4 is 11.1 Å². The minimum absolute atomic E-state index is 0.0519. The number of esters is 1. The standard InChI is InChI=1S/C42H56ClF3N6O6/c1-2-3-4-7-23-57-39(54)30-10-8-17-51(27-30)31-13-18-49(19-14-31)38(53)36(26-28-24-33(42(44,45)46)37(47)34(43)25-28)58-41(56)50-20-15-32(16-21-50)52-22-12-29-9-5-6-11-35(29)48-40(52)55/h5-6,9,11,24-25,30-32,36H,2-4,7-8,10,12-23,26-27,47H2,1H3,(H,48,55)/t30-,36+/m0/s1. The summed E-state index contributed by atoms with van der Waals surface area (Å²) in [4.78, 5) is 61.1. The van der Waals surface area contributed by atoms with E-state index >= 15 is 0 Å². The van der Waals surface area contributed by atoms with E-state index < -0.39 is 35.5 Å². The van der Waals surface area contributed by atoms with Gasteiger partial charge in [0.1, 0.15) is 0 Å². The third-order valence-corrected chi connectivity index (χ3v) is 12.4. The number of anilines is 2. The van der Waals surface area contributed by atoms with Gasteiger partial charge in [-0.05, 0) is 87.2 Å². The van der Waals surface area contributed by atoms with Gasteiger partial charge >= 0.3 is 24.3 Å². The van der Waals surface area contributed by atoms with Crippen LogP contribution in [0.4, 0.5) is 34.1 Å². The highest BCUT2D eigenvalue weighted by Crippen LogP contribution is 2.38. The molecule has 0 bridgehead atoms. The van der Waals surface area contributed by atoms with Crippen LogP contribution >= 0.6 is 11.6 Å². The lowest BCUT2D eigenvalue weighted by atomic mass is 9.93. The molecule has 0 aromatic heterocycles. The van der Waals surface area contributed by atoms with Crippen molar-refractivity contribution < 1.29 is 41.8 Å². The first-order chi connectivity index (χ1) is 27.8. The Morgan fingerprint density at radius 1 is 0.931 bits per heavy atom. The van der Waals surface area contributed by atoms with E-state index in [-0.39, 0.29) is 60.1 Å². The smallest absolute Gasteiger partial charge is 0.418 e. The van der Waals surface area contributed by atoms with Gasteiger partial charge < -0.3 is 35.2 Å². The zero-order chi connectivity index (χ0) is 41.4. The zero-order valence-corrected chi connectivity index (χ0v) is 34.0. The number of urea groups is 1. The summed E-state index contributed by atoms with van der Waals surface area (Å²) in [5, 5.41) is 2.67. The summed E-state index contributed by atoms with van der Waals surface area (Å²) in [5.74, 6) is -0.856. The minimum atomic E-state index is -4.79. The highest BCUT2D eigenvalue weighted by Gasteiger charge is 2.39. The van der Waals surface area contributed by atoms with E-state index in [9.17, 15) is 32.3 Å². The number of benzene rings is 2. The average Bonchev–Trinajstić information content (AvgIpc) is 3.39. The van der Waals surface area contributed by atoms with Gasteiger partial charge in [-0.25, -0.2) is 9.59 Å². The summed E-state index contributed by atoms with van der Waals surface area (Å²) in [5.41, 5.74) is 5.82. The average molecular weight is 833 g/mol. The molecule has 318 valence electrons. The van der Waals surface area contributed by atoms with E-state index in [4.69, 9.17) is 26.8 Å². The van der Waals surface area contributed by atoms with Crippen LogP contribution in [-0.4, -0.2) is 114 Å². The first kappa shape index (κ1) is 43.3. The highest BCUT2D eigenvalue weighted by atomic mass is 35.5. The molecule has 2 aromatic rings. The first-order valence-corrected chi connectivity index (χ1v) is 21.2. The van der Waals surface area contributed by atoms with Crippen molar-refractivity contribution in [1.82, 2.24) is 19.6 Å². The number of likely N-dealkylation sites (tertiary alicyclic amines) is 3. The predicted octanol–water partition coefficient (Wildman–Crippen LogP) is 7.37. The number of piperidine rings is 3. The van der Waals surface area contributed by atoms with Crippen molar-refractivity contribution in [3.63, 3.8) is 0 Å². The Morgan fingerprint density at radius 3 is 2.36 bits per heavy atom. The molecule has 0 radical (unpaired) electrons. The fourth-order valence-electron chi connectivity index (χ4n) is 8.72. The maximum Gasteiger partial charge on any atom is 0.418 e. The fraction of sp³-hybridized carbons (Fsp3) is 0.619. The van der Waals surface area contributed by atoms with Gasteiger partial charge in [0.2, 0.25) is 0 Å². The van der Waals surface area contributed by atoms with Crippen molar-refractivity contribution in [3.05, 3.63) is 58.1 Å². The Kier molecular flexibility index (Phi) is 14.7. The quantitative estimate of drug-likeness (QED) is 0.129. The van der Waals surface area contributed by atoms with Crippen molar-refractivity contribution in [2.75, 3.05) is 63.5 Å². The molecule has 4 aliphatic heterocycles. The molecular weight excluding hydrogens is 777 g/mol. The van der Waals surface area contributed by atoms with Gasteiger partial charge in [0.15, 0.2) is 6.10 Å². The van der Waals surface area contributed by atoms with Gasteiger partial charge in [-0.1, -0.05) is 56.0 Å². The van der Waals surface area contributed by atoms with Crippen LogP contribution in [0.1, 0.15) is 87.8 Å². The normalized spacial score (nSPS) is 20.5. The van der Waals surface area contributed by atoms with Crippen molar-refractivity contribution in [2.45, 2.75) is 108 Å². The van der Waals surface area contributed by atoms with Crippen LogP contribution in [0.5, 0.6) is 0 Å². The largest absolute Gasteiger partial charge is 0.465 e. The van der Waals surface area contributed by atoms with Gasteiger partial charge in [-0.3, -0.25) is 14.5 Å². The second-order valence-corrected chi connectivity index (χ2v) is 16.4. The van der Waals surface area contributed by atoms with Crippen molar-refractivity contribution in [2.24, 2.45) is 5.92 Å². The molecule has 0 unspecified atom stereocenters. The molecule has 4 aliphatic rings. The van der Waals surface area contributed by atoms with Crippen LogP contribution in [0.3, 0.4) is 0 Å². The molecular formula is C42H56ClF3N6O6. The minimum Gasteiger partial charge on any atom is -0.465 e. The number of carbonyl (C=O) groups excluding carboxylic acids is 4. The number of nitrogens with one attached hydrogen (secondary N) is 1. The number of halogens is 4. The summed E-state index contributed by atoms with van der Waals surface area (Å²) in [6, 6.07) is 9.60. The molecule has 12 nitrogen and oxygen atoms in total. The Hall–Kier alpha value is -4.24. The summed E-state index contributed by atoms with van der Waals surface area (Å²) < 4.78 is 53.2. The van der Waals surface area contributed by atoms with Gasteiger partial charge in [0.05, 0.1) is 28.8 Å². The van der Waals surface area contributed by atoms with Crippen molar-refractivity contribution in [1.29, 1.82) is 0 Å². The van der Waals surface area contributed by atoms with Crippen LogP contribution in [0, 0.1) is 5.92 Å². The van der Waals surface area contributed by atoms with E-state index in [0.29, 0.717) is 64.9 Å². The van der Waals surface area contributed by atoms with Crippen LogP contribution in [0.2, 0.25) is 5.02 Å². The van der Waals surface area contributed by atoms with Crippen molar-refractivity contribution >= 4 is 47.0 Å². The molecule has 0 spiro atoms. The number of alkyl halides is 3. The Bertz CT molecular complexity index is 1770. The second kappa shape index (κ2) is 19.7. The zero-order valence-electron chi connectivity index (χ0n) is 33.2. The maximum absolute atomic E-state index is 14.2. The predicted molar refractivity (Wildman–Crippen MR) is 214 cm³/mol. The van der Waals surface area contributed by atoms with E-state index in [1.165, 1.54) is 11.0 Å². The Labute approximate surface area is 343 Å². The highest BCUT2D eigenvalue weighted by molar-refractivity contribution is 6.33. The molecule has 16 heteroatoms. The maximum atomic E-state index is 14.2. The number of unbranched alkanes of at least 4 members (excludes halogenated alkanes) is 3. The third kappa shape index (κ3) is 10.9. The number of nitrogens with zero attached hydrogens (tertiary/aromatic N) is 4. The lowest BCUT2D eigenvalue weighted by molar-refractivity contribution is -0.151. The number of carbonyl (C=O) groups is 4. The SMILES string of the molecule is CCCCCCOC(=O)[C@H]1CCCN(C2CCN(C(=O)[C@@H](Cc3cc(Cl)c(N)c(C(F)(F)F)c3)OC(=O)N3CCC(N4CCc5ccccc5NC4=O)CC3)CC2)C1.